The van der Waals surface area contributed by atoms with Crippen molar-refractivity contribution in [2.24, 2.45) is 0 Å². The Morgan fingerprint density at radius 2 is 2.41 bits per heavy atom. The van der Waals surface area contributed by atoms with Gasteiger partial charge >= 0.3 is 0 Å². The highest BCUT2D eigenvalue weighted by Crippen LogP contribution is 2.21. The van der Waals surface area contributed by atoms with Crippen LogP contribution in [0.4, 0.5) is 0 Å². The fourth-order valence-corrected chi connectivity index (χ4v) is 2.30. The molecule has 1 aromatic heterocycles. The van der Waals surface area contributed by atoms with Gasteiger partial charge < -0.3 is 14.6 Å². The van der Waals surface area contributed by atoms with E-state index in [0.29, 0.717) is 6.10 Å². The summed E-state index contributed by atoms with van der Waals surface area (Å²) in [5.74, 6) is 0. The van der Waals surface area contributed by atoms with Gasteiger partial charge in [0.15, 0.2) is 0 Å². The van der Waals surface area contributed by atoms with Crippen LogP contribution < -0.4 is 5.32 Å². The van der Waals surface area contributed by atoms with Gasteiger partial charge in [-0.25, -0.2) is 4.98 Å². The highest BCUT2D eigenvalue weighted by Gasteiger charge is 2.23. The Bertz CT molecular complexity index is 353. The molecule has 1 aromatic rings. The molecule has 2 rings (SSSR count). The second-order valence-corrected chi connectivity index (χ2v) is 5.27. The predicted octanol–water partition coefficient (Wildman–Crippen LogP) is 1.91. The highest BCUT2D eigenvalue weighted by molar-refractivity contribution is 5.10. The summed E-state index contributed by atoms with van der Waals surface area (Å²) >= 11 is 0. The van der Waals surface area contributed by atoms with Crippen molar-refractivity contribution in [1.82, 2.24) is 14.9 Å². The van der Waals surface area contributed by atoms with E-state index in [0.717, 1.165) is 19.6 Å². The summed E-state index contributed by atoms with van der Waals surface area (Å²) < 4.78 is 7.89. The zero-order valence-corrected chi connectivity index (χ0v) is 11.1. The lowest BCUT2D eigenvalue weighted by Crippen LogP contribution is -2.35. The molecule has 1 N–H and O–H groups in total. The minimum absolute atomic E-state index is 0.0347. The topological polar surface area (TPSA) is 39.1 Å². The molecular weight excluding hydrogens is 214 g/mol. The molecular formula is C13H23N3O. The maximum atomic E-state index is 5.65. The molecule has 1 atom stereocenters. The molecule has 1 aliphatic rings. The largest absolute Gasteiger partial charge is 0.378 e. The average molecular weight is 237 g/mol. The zero-order chi connectivity index (χ0) is 12.3. The van der Waals surface area contributed by atoms with Gasteiger partial charge in [0.2, 0.25) is 0 Å². The van der Waals surface area contributed by atoms with Crippen LogP contribution in [0, 0.1) is 0 Å². The Labute approximate surface area is 103 Å². The van der Waals surface area contributed by atoms with Crippen molar-refractivity contribution < 1.29 is 4.74 Å². The van der Waals surface area contributed by atoms with Crippen LogP contribution in [0.25, 0.3) is 0 Å². The SMILES string of the molecule is CNC(C)(C)c1cncn1CCC1CCCO1. The van der Waals surface area contributed by atoms with Crippen LogP contribution in [-0.2, 0) is 16.8 Å². The van der Waals surface area contributed by atoms with Crippen LogP contribution >= 0.6 is 0 Å². The highest BCUT2D eigenvalue weighted by atomic mass is 16.5. The second-order valence-electron chi connectivity index (χ2n) is 5.27. The molecule has 17 heavy (non-hydrogen) atoms. The monoisotopic (exact) mass is 237 g/mol. The third-order valence-corrected chi connectivity index (χ3v) is 3.69. The van der Waals surface area contributed by atoms with Crippen LogP contribution in [-0.4, -0.2) is 29.3 Å². The molecule has 0 saturated carbocycles. The molecule has 0 radical (unpaired) electrons. The molecule has 0 spiro atoms. The average Bonchev–Trinajstić information content (AvgIpc) is 2.97. The number of aryl methyl sites for hydroxylation is 1. The van der Waals surface area contributed by atoms with Gasteiger partial charge in [-0.05, 0) is 40.2 Å². The van der Waals surface area contributed by atoms with E-state index in [9.17, 15) is 0 Å². The molecule has 0 amide bonds. The van der Waals surface area contributed by atoms with E-state index >= 15 is 0 Å². The summed E-state index contributed by atoms with van der Waals surface area (Å²) in [4.78, 5) is 4.26. The Balaban J connectivity index is 1.98. The molecule has 1 saturated heterocycles. The van der Waals surface area contributed by atoms with Gasteiger partial charge in [-0.1, -0.05) is 0 Å². The summed E-state index contributed by atoms with van der Waals surface area (Å²) in [6, 6.07) is 0. The maximum Gasteiger partial charge on any atom is 0.0948 e. The van der Waals surface area contributed by atoms with Crippen molar-refractivity contribution in [3.63, 3.8) is 0 Å². The standard InChI is InChI=1S/C13H23N3O/c1-13(2,14-3)12-9-15-10-16(12)7-6-11-5-4-8-17-11/h9-11,14H,4-8H2,1-3H3. The molecule has 1 unspecified atom stereocenters. The first kappa shape index (κ1) is 12.6. The van der Waals surface area contributed by atoms with Crippen molar-refractivity contribution >= 4 is 0 Å². The molecule has 0 bridgehead atoms. The van der Waals surface area contributed by atoms with E-state index < -0.39 is 0 Å². The molecule has 2 heterocycles. The Kier molecular flexibility index (Phi) is 3.84. The number of nitrogens with zero attached hydrogens (tertiary/aromatic N) is 2. The van der Waals surface area contributed by atoms with E-state index in [4.69, 9.17) is 4.74 Å². The number of nitrogens with one attached hydrogen (secondary N) is 1. The molecule has 4 heteroatoms. The first-order valence-corrected chi connectivity index (χ1v) is 6.44. The number of imidazole rings is 1. The molecule has 0 aliphatic carbocycles. The van der Waals surface area contributed by atoms with Crippen LogP contribution in [0.1, 0.15) is 38.8 Å². The van der Waals surface area contributed by atoms with Crippen LogP contribution in [0.5, 0.6) is 0 Å². The summed E-state index contributed by atoms with van der Waals surface area (Å²) in [5, 5.41) is 3.32. The van der Waals surface area contributed by atoms with Gasteiger partial charge in [0.25, 0.3) is 0 Å². The Hall–Kier alpha value is -0.870. The van der Waals surface area contributed by atoms with Crippen molar-refractivity contribution in [2.45, 2.75) is 51.3 Å². The predicted molar refractivity (Wildman–Crippen MR) is 67.9 cm³/mol. The molecule has 4 nitrogen and oxygen atoms in total. The Morgan fingerprint density at radius 3 is 3.06 bits per heavy atom. The Morgan fingerprint density at radius 1 is 1.59 bits per heavy atom. The first-order valence-electron chi connectivity index (χ1n) is 6.44. The molecule has 1 aliphatic heterocycles. The molecule has 0 aromatic carbocycles. The van der Waals surface area contributed by atoms with Gasteiger partial charge in [-0.3, -0.25) is 0 Å². The first-order chi connectivity index (χ1) is 8.13. The minimum atomic E-state index is -0.0347. The van der Waals surface area contributed by atoms with E-state index in [2.05, 4.69) is 28.7 Å². The van der Waals surface area contributed by atoms with Gasteiger partial charge in [0.05, 0.1) is 23.7 Å². The normalized spacial score (nSPS) is 21.0. The molecule has 1 fully saturated rings. The minimum Gasteiger partial charge on any atom is -0.378 e. The third-order valence-electron chi connectivity index (χ3n) is 3.69. The quantitative estimate of drug-likeness (QED) is 0.850. The number of aromatic nitrogens is 2. The number of hydrogen-bond donors (Lipinski definition) is 1. The van der Waals surface area contributed by atoms with E-state index in [-0.39, 0.29) is 5.54 Å². The van der Waals surface area contributed by atoms with E-state index in [1.165, 1.54) is 18.5 Å². The summed E-state index contributed by atoms with van der Waals surface area (Å²) in [6.45, 7) is 6.27. The van der Waals surface area contributed by atoms with Gasteiger partial charge in [-0.2, -0.15) is 0 Å². The van der Waals surface area contributed by atoms with Crippen LogP contribution in [0.2, 0.25) is 0 Å². The van der Waals surface area contributed by atoms with E-state index in [1.807, 2.05) is 19.6 Å². The fraction of sp³-hybridized carbons (Fsp3) is 0.769. The van der Waals surface area contributed by atoms with Crippen molar-refractivity contribution in [3.05, 3.63) is 18.2 Å². The van der Waals surface area contributed by atoms with Crippen LogP contribution in [0.3, 0.4) is 0 Å². The van der Waals surface area contributed by atoms with Crippen LogP contribution in [0.15, 0.2) is 12.5 Å². The van der Waals surface area contributed by atoms with Gasteiger partial charge in [-0.15, -0.1) is 0 Å². The maximum absolute atomic E-state index is 5.65. The lowest BCUT2D eigenvalue weighted by Gasteiger charge is -2.25. The lowest BCUT2D eigenvalue weighted by atomic mass is 10.0. The van der Waals surface area contributed by atoms with Gasteiger partial charge in [0.1, 0.15) is 0 Å². The zero-order valence-electron chi connectivity index (χ0n) is 11.1. The fourth-order valence-electron chi connectivity index (χ4n) is 2.30. The summed E-state index contributed by atoms with van der Waals surface area (Å²) in [7, 11) is 1.98. The number of rotatable bonds is 5. The van der Waals surface area contributed by atoms with Crippen molar-refractivity contribution in [2.75, 3.05) is 13.7 Å². The van der Waals surface area contributed by atoms with Crippen molar-refractivity contribution in [1.29, 1.82) is 0 Å². The summed E-state index contributed by atoms with van der Waals surface area (Å²) in [6.07, 6.45) is 7.82. The molecule has 96 valence electrons. The second kappa shape index (κ2) is 5.19. The smallest absolute Gasteiger partial charge is 0.0948 e. The number of ether oxygens (including phenoxy) is 1. The van der Waals surface area contributed by atoms with E-state index in [1.54, 1.807) is 0 Å². The summed E-state index contributed by atoms with van der Waals surface area (Å²) in [5.41, 5.74) is 1.20. The lowest BCUT2D eigenvalue weighted by molar-refractivity contribution is 0.0998. The van der Waals surface area contributed by atoms with Gasteiger partial charge in [0, 0.05) is 19.3 Å². The third kappa shape index (κ3) is 2.87. The van der Waals surface area contributed by atoms with Crippen molar-refractivity contribution in [3.8, 4) is 0 Å². The number of hydrogen-bond acceptors (Lipinski definition) is 3.